The molecule has 3 atom stereocenters. The fourth-order valence-electron chi connectivity index (χ4n) is 2.62. The summed E-state index contributed by atoms with van der Waals surface area (Å²) in [4.78, 5) is 14.0. The van der Waals surface area contributed by atoms with E-state index in [0.29, 0.717) is 30.8 Å². The molecule has 0 bridgehead atoms. The summed E-state index contributed by atoms with van der Waals surface area (Å²) >= 11 is 0. The van der Waals surface area contributed by atoms with Crippen LogP contribution in [0.3, 0.4) is 0 Å². The molecule has 0 aromatic rings. The van der Waals surface area contributed by atoms with Gasteiger partial charge in [0.25, 0.3) is 0 Å². The lowest BCUT2D eigenvalue weighted by Gasteiger charge is -2.34. The Bertz CT molecular complexity index is 242. The predicted molar refractivity (Wildman–Crippen MR) is 71.6 cm³/mol. The zero-order valence-electron chi connectivity index (χ0n) is 11.6. The molecule has 0 radical (unpaired) electrons. The van der Waals surface area contributed by atoms with Crippen molar-refractivity contribution in [2.45, 2.75) is 58.4 Å². The van der Waals surface area contributed by atoms with Crippen LogP contribution >= 0.6 is 0 Å². The Morgan fingerprint density at radius 2 is 2.18 bits per heavy atom. The minimum absolute atomic E-state index is 0.296. The average molecular weight is 240 g/mol. The predicted octanol–water partition coefficient (Wildman–Crippen LogP) is 2.40. The van der Waals surface area contributed by atoms with Crippen molar-refractivity contribution in [2.75, 3.05) is 13.6 Å². The third-order valence-corrected chi connectivity index (χ3v) is 4.10. The van der Waals surface area contributed by atoms with Crippen LogP contribution in [0.5, 0.6) is 0 Å². The van der Waals surface area contributed by atoms with E-state index in [1.165, 1.54) is 25.7 Å². The summed E-state index contributed by atoms with van der Waals surface area (Å²) < 4.78 is 0. The van der Waals surface area contributed by atoms with Gasteiger partial charge in [-0.1, -0.05) is 26.7 Å². The van der Waals surface area contributed by atoms with Gasteiger partial charge in [0.2, 0.25) is 5.91 Å². The van der Waals surface area contributed by atoms with Crippen molar-refractivity contribution in [3.8, 4) is 0 Å². The Morgan fingerprint density at radius 1 is 1.47 bits per heavy atom. The highest BCUT2D eigenvalue weighted by atomic mass is 16.2. The molecule has 3 nitrogen and oxygen atoms in total. The molecule has 100 valence electrons. The average Bonchev–Trinajstić information content (AvgIpc) is 2.34. The highest BCUT2D eigenvalue weighted by Crippen LogP contribution is 2.27. The number of hydrogen-bond acceptors (Lipinski definition) is 2. The first-order chi connectivity index (χ1) is 8.04. The van der Waals surface area contributed by atoms with Crippen LogP contribution in [0, 0.1) is 11.8 Å². The summed E-state index contributed by atoms with van der Waals surface area (Å²) in [6, 6.07) is 0.472. The van der Waals surface area contributed by atoms with E-state index < -0.39 is 0 Å². The van der Waals surface area contributed by atoms with Gasteiger partial charge in [-0.2, -0.15) is 0 Å². The van der Waals surface area contributed by atoms with Crippen LogP contribution in [0.25, 0.3) is 0 Å². The maximum Gasteiger partial charge on any atom is 0.222 e. The molecule has 1 amide bonds. The maximum atomic E-state index is 12.1. The normalized spacial score (nSPS) is 26.6. The van der Waals surface area contributed by atoms with Gasteiger partial charge in [-0.25, -0.2) is 0 Å². The molecule has 0 aliphatic heterocycles. The smallest absolute Gasteiger partial charge is 0.222 e. The van der Waals surface area contributed by atoms with Crippen LogP contribution in [0.15, 0.2) is 0 Å². The van der Waals surface area contributed by atoms with Crippen molar-refractivity contribution < 1.29 is 4.79 Å². The van der Waals surface area contributed by atoms with Gasteiger partial charge in [-0.3, -0.25) is 4.79 Å². The van der Waals surface area contributed by atoms with Crippen molar-refractivity contribution in [3.63, 3.8) is 0 Å². The molecule has 2 N–H and O–H groups in total. The van der Waals surface area contributed by atoms with Gasteiger partial charge < -0.3 is 10.6 Å². The van der Waals surface area contributed by atoms with Gasteiger partial charge in [0.05, 0.1) is 0 Å². The largest absolute Gasteiger partial charge is 0.343 e. The summed E-state index contributed by atoms with van der Waals surface area (Å²) in [5, 5.41) is 0. The number of nitrogens with zero attached hydrogens (tertiary/aromatic N) is 1. The first kappa shape index (κ1) is 14.5. The minimum atomic E-state index is 0.296. The summed E-state index contributed by atoms with van der Waals surface area (Å²) in [5.74, 6) is 1.52. The van der Waals surface area contributed by atoms with Crippen molar-refractivity contribution >= 4 is 5.91 Å². The Kier molecular flexibility index (Phi) is 5.96. The van der Waals surface area contributed by atoms with E-state index in [9.17, 15) is 4.79 Å². The topological polar surface area (TPSA) is 46.3 Å². The highest BCUT2D eigenvalue weighted by molar-refractivity contribution is 5.76. The molecule has 1 fully saturated rings. The Labute approximate surface area is 106 Å². The van der Waals surface area contributed by atoms with Crippen LogP contribution < -0.4 is 5.73 Å². The van der Waals surface area contributed by atoms with E-state index in [1.54, 1.807) is 0 Å². The number of rotatable bonds is 5. The second-order valence-electron chi connectivity index (χ2n) is 5.81. The molecular weight excluding hydrogens is 212 g/mol. The monoisotopic (exact) mass is 240 g/mol. The maximum absolute atomic E-state index is 12.1. The molecular formula is C14H28N2O. The first-order valence-electron chi connectivity index (χ1n) is 7.00. The second kappa shape index (κ2) is 7.00. The second-order valence-corrected chi connectivity index (χ2v) is 5.81. The first-order valence-corrected chi connectivity index (χ1v) is 7.00. The third kappa shape index (κ3) is 4.66. The van der Waals surface area contributed by atoms with Crippen molar-refractivity contribution in [1.82, 2.24) is 4.90 Å². The summed E-state index contributed by atoms with van der Waals surface area (Å²) in [5.41, 5.74) is 5.57. The van der Waals surface area contributed by atoms with Crippen LogP contribution in [0.1, 0.15) is 52.4 Å². The fourth-order valence-corrected chi connectivity index (χ4v) is 2.62. The summed E-state index contributed by atoms with van der Waals surface area (Å²) in [7, 11) is 1.97. The van der Waals surface area contributed by atoms with Crippen molar-refractivity contribution in [2.24, 2.45) is 17.6 Å². The number of hydrogen-bond donors (Lipinski definition) is 1. The van der Waals surface area contributed by atoms with Crippen LogP contribution in [0.4, 0.5) is 0 Å². The molecule has 0 saturated heterocycles. The fraction of sp³-hybridized carbons (Fsp3) is 0.929. The quantitative estimate of drug-likeness (QED) is 0.802. The number of carbonyl (C=O) groups excluding carboxylic acids is 1. The standard InChI is InChI=1S/C14H28N2O/c1-11-5-4-6-13(9-11)16(3)14(17)8-7-12(2)10-15/h11-13H,4-10,15H2,1-3H3. The van der Waals surface area contributed by atoms with Gasteiger partial charge in [0, 0.05) is 19.5 Å². The zero-order chi connectivity index (χ0) is 12.8. The summed E-state index contributed by atoms with van der Waals surface area (Å²) in [6.07, 6.45) is 6.51. The Balaban J connectivity index is 2.35. The van der Waals surface area contributed by atoms with E-state index in [0.717, 1.165) is 12.3 Å². The molecule has 1 saturated carbocycles. The molecule has 1 rings (SSSR count). The number of carbonyl (C=O) groups is 1. The zero-order valence-corrected chi connectivity index (χ0v) is 11.6. The Hall–Kier alpha value is -0.570. The highest BCUT2D eigenvalue weighted by Gasteiger charge is 2.25. The number of nitrogens with two attached hydrogens (primary N) is 1. The van der Waals surface area contributed by atoms with Gasteiger partial charge in [0.15, 0.2) is 0 Å². The lowest BCUT2D eigenvalue weighted by atomic mass is 9.86. The number of amides is 1. The van der Waals surface area contributed by atoms with Crippen molar-refractivity contribution in [3.05, 3.63) is 0 Å². The van der Waals surface area contributed by atoms with Crippen LogP contribution in [-0.4, -0.2) is 30.4 Å². The lowest BCUT2D eigenvalue weighted by molar-refractivity contribution is -0.133. The molecule has 3 heteroatoms. The molecule has 0 heterocycles. The van der Waals surface area contributed by atoms with E-state index in [-0.39, 0.29) is 0 Å². The lowest BCUT2D eigenvalue weighted by Crippen LogP contribution is -2.39. The summed E-state index contributed by atoms with van der Waals surface area (Å²) in [6.45, 7) is 5.08. The minimum Gasteiger partial charge on any atom is -0.343 e. The van der Waals surface area contributed by atoms with Crippen LogP contribution in [0.2, 0.25) is 0 Å². The molecule has 0 aromatic carbocycles. The molecule has 17 heavy (non-hydrogen) atoms. The van der Waals surface area contributed by atoms with Gasteiger partial charge in [-0.15, -0.1) is 0 Å². The van der Waals surface area contributed by atoms with E-state index in [2.05, 4.69) is 13.8 Å². The molecule has 0 aromatic heterocycles. The van der Waals surface area contributed by atoms with Gasteiger partial charge in [0.1, 0.15) is 0 Å². The van der Waals surface area contributed by atoms with E-state index in [1.807, 2.05) is 11.9 Å². The Morgan fingerprint density at radius 3 is 2.76 bits per heavy atom. The van der Waals surface area contributed by atoms with Gasteiger partial charge >= 0.3 is 0 Å². The third-order valence-electron chi connectivity index (χ3n) is 4.10. The molecule has 1 aliphatic carbocycles. The van der Waals surface area contributed by atoms with E-state index >= 15 is 0 Å². The van der Waals surface area contributed by atoms with Crippen LogP contribution in [-0.2, 0) is 4.79 Å². The van der Waals surface area contributed by atoms with E-state index in [4.69, 9.17) is 5.73 Å². The van der Waals surface area contributed by atoms with Crippen molar-refractivity contribution in [1.29, 1.82) is 0 Å². The molecule has 0 spiro atoms. The molecule has 3 unspecified atom stereocenters. The van der Waals surface area contributed by atoms with Gasteiger partial charge in [-0.05, 0) is 37.6 Å². The molecule has 1 aliphatic rings. The SMILES string of the molecule is CC(CN)CCC(=O)N(C)C1CCCC(C)C1.